The first-order valence-electron chi connectivity index (χ1n) is 5.75. The van der Waals surface area contributed by atoms with E-state index in [0.717, 1.165) is 24.4 Å². The van der Waals surface area contributed by atoms with Gasteiger partial charge in [0.15, 0.2) is 12.3 Å². The van der Waals surface area contributed by atoms with Crippen molar-refractivity contribution < 1.29 is 23.1 Å². The fraction of sp³-hybridized carbons (Fsp3) is 0.0769. The van der Waals surface area contributed by atoms with Gasteiger partial charge in [-0.15, -0.1) is 0 Å². The lowest BCUT2D eigenvalue weighted by Gasteiger charge is -2.07. The molecule has 0 spiro atoms. The second-order valence-electron chi connectivity index (χ2n) is 3.81. The molecule has 8 heteroatoms. The van der Waals surface area contributed by atoms with E-state index in [4.69, 9.17) is 0 Å². The highest BCUT2D eigenvalue weighted by molar-refractivity contribution is 5.94. The first-order chi connectivity index (χ1) is 10.1. The molecule has 0 radical (unpaired) electrons. The molecule has 0 aliphatic heterocycles. The van der Waals surface area contributed by atoms with Crippen LogP contribution in [0.1, 0.15) is 10.5 Å². The fourth-order valence-corrected chi connectivity index (χ4v) is 1.40. The normalized spacial score (nSPS) is 10.0. The van der Waals surface area contributed by atoms with Crippen LogP contribution in [0.2, 0.25) is 0 Å². The second-order valence-corrected chi connectivity index (χ2v) is 3.81. The molecule has 1 aromatic heterocycles. The molecule has 1 N–H and O–H groups in total. The average Bonchev–Trinajstić information content (AvgIpc) is 2.49. The largest absolute Gasteiger partial charge is 0.451 e. The number of esters is 1. The molecule has 0 unspecified atom stereocenters. The third-order valence-corrected chi connectivity index (χ3v) is 2.33. The summed E-state index contributed by atoms with van der Waals surface area (Å²) in [4.78, 5) is 30.3. The highest BCUT2D eigenvalue weighted by Crippen LogP contribution is 2.17. The lowest BCUT2D eigenvalue weighted by Crippen LogP contribution is -2.22. The number of nitrogens with zero attached hydrogens (tertiary/aromatic N) is 2. The minimum atomic E-state index is -0.927. The van der Waals surface area contributed by atoms with Crippen LogP contribution in [0.3, 0.4) is 0 Å². The number of carbonyl (C=O) groups is 2. The molecule has 21 heavy (non-hydrogen) atoms. The maximum Gasteiger partial charge on any atom is 0.359 e. The molecule has 0 aliphatic rings. The van der Waals surface area contributed by atoms with Crippen molar-refractivity contribution in [2.45, 2.75) is 0 Å². The van der Waals surface area contributed by atoms with E-state index in [9.17, 15) is 18.4 Å². The predicted octanol–water partition coefficient (Wildman–Crippen LogP) is 1.55. The van der Waals surface area contributed by atoms with E-state index in [-0.39, 0.29) is 5.69 Å². The van der Waals surface area contributed by atoms with Gasteiger partial charge in [-0.2, -0.15) is 0 Å². The molecule has 6 nitrogen and oxygen atoms in total. The average molecular weight is 293 g/mol. The molecule has 108 valence electrons. The van der Waals surface area contributed by atoms with Gasteiger partial charge >= 0.3 is 5.97 Å². The number of rotatable bonds is 4. The third-order valence-electron chi connectivity index (χ3n) is 2.33. The van der Waals surface area contributed by atoms with E-state index in [1.165, 1.54) is 12.4 Å². The zero-order chi connectivity index (χ0) is 15.2. The van der Waals surface area contributed by atoms with E-state index >= 15 is 0 Å². The molecule has 0 atom stereocenters. The Kier molecular flexibility index (Phi) is 4.50. The lowest BCUT2D eigenvalue weighted by atomic mass is 10.3. The summed E-state index contributed by atoms with van der Waals surface area (Å²) in [5.41, 5.74) is -0.680. The van der Waals surface area contributed by atoms with Crippen molar-refractivity contribution in [2.24, 2.45) is 0 Å². The SMILES string of the molecule is O=C(COC(=O)c1cnccn1)Nc1c(F)cccc1F. The van der Waals surface area contributed by atoms with Gasteiger partial charge in [0, 0.05) is 12.4 Å². The predicted molar refractivity (Wildman–Crippen MR) is 67.3 cm³/mol. The number of carbonyl (C=O) groups excluding carboxylic acids is 2. The number of halogens is 2. The maximum absolute atomic E-state index is 13.3. The number of hydrogen-bond acceptors (Lipinski definition) is 5. The van der Waals surface area contributed by atoms with Gasteiger partial charge in [0.05, 0.1) is 6.20 Å². The smallest absolute Gasteiger partial charge is 0.359 e. The summed E-state index contributed by atoms with van der Waals surface area (Å²) in [5, 5.41) is 1.98. The summed E-state index contributed by atoms with van der Waals surface area (Å²) in [6, 6.07) is 3.14. The second kappa shape index (κ2) is 6.51. The Labute approximate surface area is 117 Å². The molecule has 0 saturated heterocycles. The zero-order valence-corrected chi connectivity index (χ0v) is 10.5. The van der Waals surface area contributed by atoms with Crippen LogP contribution in [0.15, 0.2) is 36.8 Å². The minimum absolute atomic E-state index is 0.0811. The van der Waals surface area contributed by atoms with Gasteiger partial charge in [0.1, 0.15) is 17.3 Å². The topological polar surface area (TPSA) is 81.2 Å². The molecule has 2 rings (SSSR count). The molecule has 1 amide bonds. The van der Waals surface area contributed by atoms with Gasteiger partial charge in [-0.25, -0.2) is 18.6 Å². The molecular formula is C13H9F2N3O3. The first-order valence-corrected chi connectivity index (χ1v) is 5.75. The lowest BCUT2D eigenvalue weighted by molar-refractivity contribution is -0.119. The van der Waals surface area contributed by atoms with Gasteiger partial charge in [-0.3, -0.25) is 9.78 Å². The minimum Gasteiger partial charge on any atom is -0.451 e. The highest BCUT2D eigenvalue weighted by Gasteiger charge is 2.15. The Balaban J connectivity index is 1.92. The Bertz CT molecular complexity index is 645. The monoisotopic (exact) mass is 293 g/mol. The van der Waals surface area contributed by atoms with Crippen molar-refractivity contribution in [3.63, 3.8) is 0 Å². The summed E-state index contributed by atoms with van der Waals surface area (Å²) in [7, 11) is 0. The third kappa shape index (κ3) is 3.78. The number of ether oxygens (including phenoxy) is 1. The van der Waals surface area contributed by atoms with Crippen LogP contribution in [0.25, 0.3) is 0 Å². The Morgan fingerprint density at radius 3 is 2.52 bits per heavy atom. The van der Waals surface area contributed by atoms with Crippen molar-refractivity contribution in [1.82, 2.24) is 9.97 Å². The Morgan fingerprint density at radius 2 is 1.90 bits per heavy atom. The van der Waals surface area contributed by atoms with Gasteiger partial charge in [-0.05, 0) is 12.1 Å². The summed E-state index contributed by atoms with van der Waals surface area (Å²) in [5.74, 6) is -3.60. The maximum atomic E-state index is 13.3. The molecule has 0 saturated carbocycles. The van der Waals surface area contributed by atoms with Gasteiger partial charge in [-0.1, -0.05) is 6.07 Å². The van der Waals surface area contributed by atoms with Crippen molar-refractivity contribution in [1.29, 1.82) is 0 Å². The number of amides is 1. The van der Waals surface area contributed by atoms with Crippen molar-refractivity contribution in [2.75, 3.05) is 11.9 Å². The van der Waals surface area contributed by atoms with Crippen molar-refractivity contribution in [3.8, 4) is 0 Å². The van der Waals surface area contributed by atoms with Gasteiger partial charge in [0.2, 0.25) is 0 Å². The number of benzene rings is 1. The Morgan fingerprint density at radius 1 is 1.19 bits per heavy atom. The quantitative estimate of drug-likeness (QED) is 0.865. The molecule has 0 fully saturated rings. The molecule has 0 aliphatic carbocycles. The van der Waals surface area contributed by atoms with Crippen LogP contribution in [0, 0.1) is 11.6 Å². The van der Waals surface area contributed by atoms with Gasteiger partial charge in [0.25, 0.3) is 5.91 Å². The number of aromatic nitrogens is 2. The summed E-state index contributed by atoms with van der Waals surface area (Å²) >= 11 is 0. The van der Waals surface area contributed by atoms with E-state index in [1.54, 1.807) is 0 Å². The van der Waals surface area contributed by atoms with Crippen molar-refractivity contribution in [3.05, 3.63) is 54.1 Å². The zero-order valence-electron chi connectivity index (χ0n) is 10.5. The standard InChI is InChI=1S/C13H9F2N3O3/c14-8-2-1-3-9(15)12(8)18-11(19)7-21-13(20)10-6-16-4-5-17-10/h1-6H,7H2,(H,18,19). The number of nitrogens with one attached hydrogen (secondary N) is 1. The van der Waals surface area contributed by atoms with E-state index in [0.29, 0.717) is 0 Å². The van der Waals surface area contributed by atoms with Crippen LogP contribution < -0.4 is 5.32 Å². The number of hydrogen-bond donors (Lipinski definition) is 1. The highest BCUT2D eigenvalue weighted by atomic mass is 19.1. The summed E-state index contributed by atoms with van der Waals surface area (Å²) in [6.07, 6.45) is 3.81. The van der Waals surface area contributed by atoms with E-state index < -0.39 is 35.8 Å². The fourth-order valence-electron chi connectivity index (χ4n) is 1.40. The summed E-state index contributed by atoms with van der Waals surface area (Å²) in [6.45, 7) is -0.705. The van der Waals surface area contributed by atoms with Crippen LogP contribution in [-0.2, 0) is 9.53 Å². The molecule has 1 aromatic carbocycles. The number of anilines is 1. The molecule has 0 bridgehead atoms. The molecular weight excluding hydrogens is 284 g/mol. The van der Waals surface area contributed by atoms with Crippen LogP contribution in [-0.4, -0.2) is 28.5 Å². The van der Waals surface area contributed by atoms with Crippen LogP contribution in [0.5, 0.6) is 0 Å². The number of para-hydroxylation sites is 1. The van der Waals surface area contributed by atoms with Crippen molar-refractivity contribution >= 4 is 17.6 Å². The van der Waals surface area contributed by atoms with Crippen LogP contribution >= 0.6 is 0 Å². The molecule has 2 aromatic rings. The molecule has 1 heterocycles. The first kappa shape index (κ1) is 14.5. The van der Waals surface area contributed by atoms with Crippen LogP contribution in [0.4, 0.5) is 14.5 Å². The van der Waals surface area contributed by atoms with E-state index in [1.807, 2.05) is 5.32 Å². The van der Waals surface area contributed by atoms with E-state index in [2.05, 4.69) is 14.7 Å². The summed E-state index contributed by atoms with van der Waals surface area (Å²) < 4.78 is 31.2. The van der Waals surface area contributed by atoms with Gasteiger partial charge < -0.3 is 10.1 Å². The Hall–Kier alpha value is -2.90.